The zero-order valence-electron chi connectivity index (χ0n) is 17.0. The number of hydrogen-bond donors (Lipinski definition) is 2. The van der Waals surface area contributed by atoms with E-state index in [9.17, 15) is 9.59 Å². The molecular weight excluding hydrogens is 344 g/mol. The van der Waals surface area contributed by atoms with Gasteiger partial charge < -0.3 is 19.9 Å². The number of carbonyl (C=O) groups is 2. The molecule has 0 aliphatic carbocycles. The highest BCUT2D eigenvalue weighted by molar-refractivity contribution is 5.90. The van der Waals surface area contributed by atoms with Crippen molar-refractivity contribution in [1.82, 2.24) is 9.80 Å². The molecule has 7 heteroatoms. The standard InChI is InChI=1S/C20H32N4O3/c1-20(2,3)27-19(26)22-17-10-8-16(9-11-17)21-18(25)24(5)14-15-7-6-12-23(4)13-15/h8-11,15H,6-7,12-14H2,1-5H3,(H,21,25)(H,22,26). The molecule has 1 saturated heterocycles. The maximum Gasteiger partial charge on any atom is 0.412 e. The van der Waals surface area contributed by atoms with Gasteiger partial charge in [-0.1, -0.05) is 0 Å². The van der Waals surface area contributed by atoms with Crippen LogP contribution in [-0.2, 0) is 4.74 Å². The minimum absolute atomic E-state index is 0.129. The molecule has 3 amide bonds. The van der Waals surface area contributed by atoms with Crippen molar-refractivity contribution < 1.29 is 14.3 Å². The Labute approximate surface area is 162 Å². The Morgan fingerprint density at radius 3 is 2.33 bits per heavy atom. The van der Waals surface area contributed by atoms with Crippen LogP contribution >= 0.6 is 0 Å². The topological polar surface area (TPSA) is 73.9 Å². The highest BCUT2D eigenvalue weighted by Crippen LogP contribution is 2.18. The van der Waals surface area contributed by atoms with Crippen LogP contribution in [0.5, 0.6) is 0 Å². The van der Waals surface area contributed by atoms with Crippen LogP contribution in [0.25, 0.3) is 0 Å². The summed E-state index contributed by atoms with van der Waals surface area (Å²) in [4.78, 5) is 28.2. The van der Waals surface area contributed by atoms with E-state index >= 15 is 0 Å². The van der Waals surface area contributed by atoms with Gasteiger partial charge in [0.2, 0.25) is 0 Å². The predicted molar refractivity (Wildman–Crippen MR) is 108 cm³/mol. The summed E-state index contributed by atoms with van der Waals surface area (Å²) < 4.78 is 5.22. The Morgan fingerprint density at radius 1 is 1.19 bits per heavy atom. The lowest BCUT2D eigenvalue weighted by Crippen LogP contribution is -2.41. The number of piperidine rings is 1. The summed E-state index contributed by atoms with van der Waals surface area (Å²) in [6.45, 7) is 8.35. The van der Waals surface area contributed by atoms with Crippen LogP contribution in [0.1, 0.15) is 33.6 Å². The molecule has 2 N–H and O–H groups in total. The van der Waals surface area contributed by atoms with Crippen LogP contribution in [0.4, 0.5) is 21.0 Å². The van der Waals surface area contributed by atoms with Crippen LogP contribution < -0.4 is 10.6 Å². The van der Waals surface area contributed by atoms with Gasteiger partial charge in [-0.15, -0.1) is 0 Å². The van der Waals surface area contributed by atoms with Crippen molar-refractivity contribution in [3.05, 3.63) is 24.3 Å². The van der Waals surface area contributed by atoms with E-state index in [0.29, 0.717) is 17.3 Å². The normalized spacial score (nSPS) is 17.9. The number of ether oxygens (including phenoxy) is 1. The average Bonchev–Trinajstić information content (AvgIpc) is 2.55. The largest absolute Gasteiger partial charge is 0.444 e. The van der Waals surface area contributed by atoms with E-state index < -0.39 is 11.7 Å². The fourth-order valence-electron chi connectivity index (χ4n) is 3.17. The lowest BCUT2D eigenvalue weighted by molar-refractivity contribution is 0.0636. The first-order valence-corrected chi connectivity index (χ1v) is 9.43. The van der Waals surface area contributed by atoms with Crippen LogP contribution in [0.3, 0.4) is 0 Å². The summed E-state index contributed by atoms with van der Waals surface area (Å²) in [6, 6.07) is 6.85. The van der Waals surface area contributed by atoms with E-state index in [4.69, 9.17) is 4.74 Å². The maximum atomic E-state index is 12.4. The second-order valence-electron chi connectivity index (χ2n) is 8.29. The minimum Gasteiger partial charge on any atom is -0.444 e. The summed E-state index contributed by atoms with van der Waals surface area (Å²) in [5.74, 6) is 0.514. The molecule has 1 heterocycles. The monoisotopic (exact) mass is 376 g/mol. The number of amides is 3. The van der Waals surface area contributed by atoms with Gasteiger partial charge in [-0.3, -0.25) is 5.32 Å². The minimum atomic E-state index is -0.546. The molecule has 2 rings (SSSR count). The van der Waals surface area contributed by atoms with Gasteiger partial charge in [-0.25, -0.2) is 9.59 Å². The number of nitrogens with zero attached hydrogens (tertiary/aromatic N) is 2. The molecule has 0 bridgehead atoms. The van der Waals surface area contributed by atoms with E-state index in [-0.39, 0.29) is 6.03 Å². The maximum absolute atomic E-state index is 12.4. The summed E-state index contributed by atoms with van der Waals surface area (Å²) in [5, 5.41) is 5.56. The lowest BCUT2D eigenvalue weighted by Gasteiger charge is -2.32. The molecule has 0 saturated carbocycles. The number of anilines is 2. The second-order valence-corrected chi connectivity index (χ2v) is 8.29. The SMILES string of the molecule is CN1CCCC(CN(C)C(=O)Nc2ccc(NC(=O)OC(C)(C)C)cc2)C1. The molecule has 1 aliphatic heterocycles. The van der Waals surface area contributed by atoms with E-state index in [2.05, 4.69) is 22.6 Å². The van der Waals surface area contributed by atoms with Crippen molar-refractivity contribution in [3.63, 3.8) is 0 Å². The fraction of sp³-hybridized carbons (Fsp3) is 0.600. The zero-order chi connectivity index (χ0) is 20.0. The van der Waals surface area contributed by atoms with Gasteiger partial charge in [0, 0.05) is 31.5 Å². The van der Waals surface area contributed by atoms with Gasteiger partial charge in [0.05, 0.1) is 0 Å². The number of nitrogens with one attached hydrogen (secondary N) is 2. The fourth-order valence-corrected chi connectivity index (χ4v) is 3.17. The third-order valence-corrected chi connectivity index (χ3v) is 4.38. The first kappa shape index (κ1) is 21.0. The van der Waals surface area contributed by atoms with Crippen molar-refractivity contribution >= 4 is 23.5 Å². The lowest BCUT2D eigenvalue weighted by atomic mass is 9.98. The molecule has 1 aromatic rings. The van der Waals surface area contributed by atoms with E-state index in [1.165, 1.54) is 6.42 Å². The molecular formula is C20H32N4O3. The summed E-state index contributed by atoms with van der Waals surface area (Å²) >= 11 is 0. The van der Waals surface area contributed by atoms with Gasteiger partial charge in [0.15, 0.2) is 0 Å². The highest BCUT2D eigenvalue weighted by Gasteiger charge is 2.21. The van der Waals surface area contributed by atoms with Gasteiger partial charge in [0.25, 0.3) is 0 Å². The van der Waals surface area contributed by atoms with Crippen molar-refractivity contribution in [2.75, 3.05) is 44.4 Å². The highest BCUT2D eigenvalue weighted by atomic mass is 16.6. The number of hydrogen-bond acceptors (Lipinski definition) is 4. The molecule has 1 fully saturated rings. The van der Waals surface area contributed by atoms with Crippen LogP contribution in [-0.4, -0.2) is 61.3 Å². The molecule has 0 aromatic heterocycles. The molecule has 0 radical (unpaired) electrons. The Hall–Kier alpha value is -2.28. The van der Waals surface area contributed by atoms with E-state index in [1.807, 2.05) is 27.8 Å². The van der Waals surface area contributed by atoms with Gasteiger partial charge >= 0.3 is 12.1 Å². The zero-order valence-corrected chi connectivity index (χ0v) is 17.0. The first-order valence-electron chi connectivity index (χ1n) is 9.43. The van der Waals surface area contributed by atoms with Crippen LogP contribution in [0.2, 0.25) is 0 Å². The quantitative estimate of drug-likeness (QED) is 0.837. The smallest absolute Gasteiger partial charge is 0.412 e. The van der Waals surface area contributed by atoms with Crippen molar-refractivity contribution in [2.45, 2.75) is 39.2 Å². The molecule has 1 unspecified atom stereocenters. The Morgan fingerprint density at radius 2 is 1.78 bits per heavy atom. The van der Waals surface area contributed by atoms with E-state index in [0.717, 1.165) is 26.1 Å². The predicted octanol–water partition coefficient (Wildman–Crippen LogP) is 3.84. The summed E-state index contributed by atoms with van der Waals surface area (Å²) in [5.41, 5.74) is 0.749. The summed E-state index contributed by atoms with van der Waals surface area (Å²) in [6.07, 6.45) is 1.84. The van der Waals surface area contributed by atoms with E-state index in [1.54, 1.807) is 29.2 Å². The Bertz CT molecular complexity index is 640. The first-order chi connectivity index (χ1) is 12.6. The average molecular weight is 377 g/mol. The number of carbonyl (C=O) groups excluding carboxylic acids is 2. The van der Waals surface area contributed by atoms with Crippen LogP contribution in [0, 0.1) is 5.92 Å². The molecule has 0 spiro atoms. The van der Waals surface area contributed by atoms with Gasteiger partial charge in [-0.05, 0) is 77.4 Å². The third kappa shape index (κ3) is 7.46. The molecule has 1 aliphatic rings. The number of urea groups is 1. The molecule has 1 atom stereocenters. The third-order valence-electron chi connectivity index (χ3n) is 4.38. The summed E-state index contributed by atoms with van der Waals surface area (Å²) in [7, 11) is 3.95. The number of likely N-dealkylation sites (tertiary alicyclic amines) is 1. The van der Waals surface area contributed by atoms with Gasteiger partial charge in [-0.2, -0.15) is 0 Å². The molecule has 7 nitrogen and oxygen atoms in total. The van der Waals surface area contributed by atoms with Gasteiger partial charge in [0.1, 0.15) is 5.60 Å². The van der Waals surface area contributed by atoms with Crippen molar-refractivity contribution in [1.29, 1.82) is 0 Å². The molecule has 1 aromatic carbocycles. The molecule has 150 valence electrons. The van der Waals surface area contributed by atoms with Crippen molar-refractivity contribution in [2.24, 2.45) is 5.92 Å². The number of rotatable bonds is 4. The van der Waals surface area contributed by atoms with Crippen molar-refractivity contribution in [3.8, 4) is 0 Å². The molecule has 27 heavy (non-hydrogen) atoms. The Kier molecular flexibility index (Phi) is 7.07. The Balaban J connectivity index is 1.82. The van der Waals surface area contributed by atoms with Crippen LogP contribution in [0.15, 0.2) is 24.3 Å². The second kappa shape index (κ2) is 9.08. The number of benzene rings is 1.